The van der Waals surface area contributed by atoms with Crippen LogP contribution in [0.1, 0.15) is 34.0 Å². The molecule has 1 atom stereocenters. The molecule has 1 N–H and O–H groups in total. The van der Waals surface area contributed by atoms with Crippen LogP contribution in [0.25, 0.3) is 0 Å². The van der Waals surface area contributed by atoms with Crippen molar-refractivity contribution in [1.29, 1.82) is 0 Å². The molecule has 0 aliphatic rings. The highest BCUT2D eigenvalue weighted by Gasteiger charge is 2.35. The van der Waals surface area contributed by atoms with Gasteiger partial charge in [0.25, 0.3) is 0 Å². The monoisotopic (exact) mass is 306 g/mol. The number of alkyl halides is 3. The summed E-state index contributed by atoms with van der Waals surface area (Å²) in [6.07, 6.45) is -3.05. The molecule has 0 saturated heterocycles. The Hall–Kier alpha value is -0.920. The summed E-state index contributed by atoms with van der Waals surface area (Å²) >= 11 is 2.25. The van der Waals surface area contributed by atoms with Crippen LogP contribution in [0.2, 0.25) is 0 Å². The molecule has 0 aliphatic heterocycles. The molecule has 2 rings (SSSR count). The normalized spacial score (nSPS) is 13.7. The molecule has 0 radical (unpaired) electrons. The number of nitrogens with one attached hydrogen (secondary N) is 1. The van der Waals surface area contributed by atoms with Crippen LogP contribution in [0.15, 0.2) is 17.0 Å². The van der Waals surface area contributed by atoms with Gasteiger partial charge in [0.2, 0.25) is 0 Å². The van der Waals surface area contributed by atoms with E-state index in [1.165, 1.54) is 6.20 Å². The van der Waals surface area contributed by atoms with Crippen LogP contribution in [0, 0.1) is 6.92 Å². The van der Waals surface area contributed by atoms with Crippen LogP contribution < -0.4 is 5.32 Å². The largest absolute Gasteiger partial charge is 0.443 e. The molecule has 0 amide bonds. The maximum absolute atomic E-state index is 12.6. The first-order chi connectivity index (χ1) is 8.93. The van der Waals surface area contributed by atoms with Crippen molar-refractivity contribution in [1.82, 2.24) is 10.3 Å². The number of halogens is 3. The smallest absolute Gasteiger partial charge is 0.306 e. The zero-order chi connectivity index (χ0) is 14.0. The maximum atomic E-state index is 12.6. The van der Waals surface area contributed by atoms with Gasteiger partial charge in [0.1, 0.15) is 0 Å². The van der Waals surface area contributed by atoms with E-state index in [1.807, 2.05) is 24.6 Å². The first kappa shape index (κ1) is 14.5. The Kier molecular flexibility index (Phi) is 4.27. The Morgan fingerprint density at radius 3 is 2.58 bits per heavy atom. The molecule has 2 aromatic rings. The van der Waals surface area contributed by atoms with E-state index in [0.717, 1.165) is 11.1 Å². The number of rotatable bonds is 4. The zero-order valence-electron chi connectivity index (χ0n) is 10.4. The SMILES string of the molecule is CCNC(c1cnc(C(F)(F)F)s1)c1cscc1C. The second kappa shape index (κ2) is 5.60. The summed E-state index contributed by atoms with van der Waals surface area (Å²) in [5.41, 5.74) is 2.10. The van der Waals surface area contributed by atoms with Crippen molar-refractivity contribution < 1.29 is 13.2 Å². The molecular weight excluding hydrogens is 293 g/mol. The zero-order valence-corrected chi connectivity index (χ0v) is 12.0. The van der Waals surface area contributed by atoms with Crippen molar-refractivity contribution in [2.24, 2.45) is 0 Å². The third-order valence-corrected chi connectivity index (χ3v) is 4.65. The van der Waals surface area contributed by atoms with Crippen molar-refractivity contribution >= 4 is 22.7 Å². The van der Waals surface area contributed by atoms with Gasteiger partial charge >= 0.3 is 6.18 Å². The molecule has 7 heteroatoms. The van der Waals surface area contributed by atoms with E-state index in [9.17, 15) is 13.2 Å². The van der Waals surface area contributed by atoms with Gasteiger partial charge < -0.3 is 5.32 Å². The minimum Gasteiger partial charge on any atom is -0.306 e. The number of hydrogen-bond donors (Lipinski definition) is 1. The minimum atomic E-state index is -4.37. The average Bonchev–Trinajstić information content (AvgIpc) is 2.94. The van der Waals surface area contributed by atoms with Gasteiger partial charge in [-0.05, 0) is 35.4 Å². The van der Waals surface area contributed by atoms with Gasteiger partial charge in [0.05, 0.1) is 6.04 Å². The lowest BCUT2D eigenvalue weighted by atomic mass is 10.1. The van der Waals surface area contributed by atoms with Crippen LogP contribution in [0.3, 0.4) is 0 Å². The molecular formula is C12H13F3N2S2. The van der Waals surface area contributed by atoms with Gasteiger partial charge in [-0.15, -0.1) is 11.3 Å². The number of nitrogens with zero attached hydrogens (tertiary/aromatic N) is 1. The Morgan fingerprint density at radius 2 is 2.11 bits per heavy atom. The highest BCUT2D eigenvalue weighted by Crippen LogP contribution is 2.37. The molecule has 2 heterocycles. The second-order valence-corrected chi connectivity index (χ2v) is 5.87. The molecule has 19 heavy (non-hydrogen) atoms. The lowest BCUT2D eigenvalue weighted by Crippen LogP contribution is -2.21. The van der Waals surface area contributed by atoms with E-state index in [1.54, 1.807) is 11.3 Å². The van der Waals surface area contributed by atoms with Gasteiger partial charge in [0, 0.05) is 11.1 Å². The van der Waals surface area contributed by atoms with Crippen molar-refractivity contribution in [3.05, 3.63) is 38.0 Å². The predicted molar refractivity (Wildman–Crippen MR) is 71.7 cm³/mol. The summed E-state index contributed by atoms with van der Waals surface area (Å²) in [5, 5.41) is 6.38. The standard InChI is InChI=1S/C12H13F3N2S2/c1-3-16-10(8-6-18-5-7(8)2)9-4-17-11(19-9)12(13,14)15/h4-6,10,16H,3H2,1-2H3. The Bertz CT molecular complexity index is 545. The average molecular weight is 306 g/mol. The summed E-state index contributed by atoms with van der Waals surface area (Å²) < 4.78 is 37.8. The maximum Gasteiger partial charge on any atom is 0.443 e. The van der Waals surface area contributed by atoms with E-state index in [-0.39, 0.29) is 6.04 Å². The van der Waals surface area contributed by atoms with Gasteiger partial charge in [-0.25, -0.2) is 4.98 Å². The molecule has 104 valence electrons. The molecule has 2 aromatic heterocycles. The molecule has 0 fully saturated rings. The van der Waals surface area contributed by atoms with Crippen LogP contribution >= 0.6 is 22.7 Å². The summed E-state index contributed by atoms with van der Waals surface area (Å²) in [6, 6.07) is -0.218. The third-order valence-electron chi connectivity index (χ3n) is 2.67. The fraction of sp³-hybridized carbons (Fsp3) is 0.417. The Labute approximate surface area is 117 Å². The van der Waals surface area contributed by atoms with Crippen molar-refractivity contribution in [3.63, 3.8) is 0 Å². The summed E-state index contributed by atoms with van der Waals surface area (Å²) in [5.74, 6) is 0. The molecule has 0 spiro atoms. The van der Waals surface area contributed by atoms with Crippen molar-refractivity contribution in [2.75, 3.05) is 6.54 Å². The highest BCUT2D eigenvalue weighted by atomic mass is 32.1. The highest BCUT2D eigenvalue weighted by molar-refractivity contribution is 7.11. The predicted octanol–water partition coefficient (Wildman–Crippen LogP) is 4.23. The van der Waals surface area contributed by atoms with Crippen molar-refractivity contribution in [3.8, 4) is 0 Å². The van der Waals surface area contributed by atoms with Gasteiger partial charge in [0.15, 0.2) is 5.01 Å². The van der Waals surface area contributed by atoms with Crippen LogP contribution in [0.4, 0.5) is 13.2 Å². The molecule has 0 saturated carbocycles. The van der Waals surface area contributed by atoms with Crippen LogP contribution in [-0.4, -0.2) is 11.5 Å². The number of aryl methyl sites for hydroxylation is 1. The lowest BCUT2D eigenvalue weighted by Gasteiger charge is -2.16. The van der Waals surface area contributed by atoms with Crippen molar-refractivity contribution in [2.45, 2.75) is 26.1 Å². The summed E-state index contributed by atoms with van der Waals surface area (Å²) in [4.78, 5) is 4.08. The second-order valence-electron chi connectivity index (χ2n) is 4.07. The van der Waals surface area contributed by atoms with Gasteiger partial charge in [-0.2, -0.15) is 24.5 Å². The van der Waals surface area contributed by atoms with E-state index in [4.69, 9.17) is 0 Å². The van der Waals surface area contributed by atoms with E-state index >= 15 is 0 Å². The molecule has 0 aromatic carbocycles. The van der Waals surface area contributed by atoms with E-state index < -0.39 is 11.2 Å². The van der Waals surface area contributed by atoms with Gasteiger partial charge in [-0.3, -0.25) is 0 Å². The number of aromatic nitrogens is 1. The summed E-state index contributed by atoms with van der Waals surface area (Å²) in [7, 11) is 0. The fourth-order valence-electron chi connectivity index (χ4n) is 1.79. The number of hydrogen-bond acceptors (Lipinski definition) is 4. The first-order valence-electron chi connectivity index (χ1n) is 5.72. The number of thiophene rings is 1. The number of thiazole rings is 1. The minimum absolute atomic E-state index is 0.218. The van der Waals surface area contributed by atoms with Crippen LogP contribution in [-0.2, 0) is 6.18 Å². The molecule has 1 unspecified atom stereocenters. The molecule has 2 nitrogen and oxygen atoms in total. The Balaban J connectivity index is 2.35. The summed E-state index contributed by atoms with van der Waals surface area (Å²) in [6.45, 7) is 4.57. The first-order valence-corrected chi connectivity index (χ1v) is 7.48. The lowest BCUT2D eigenvalue weighted by molar-refractivity contribution is -0.137. The molecule has 0 bridgehead atoms. The van der Waals surface area contributed by atoms with E-state index in [0.29, 0.717) is 22.8 Å². The topological polar surface area (TPSA) is 24.9 Å². The van der Waals surface area contributed by atoms with E-state index in [2.05, 4.69) is 10.3 Å². The van der Waals surface area contributed by atoms with Gasteiger partial charge in [-0.1, -0.05) is 6.92 Å². The van der Waals surface area contributed by atoms with Crippen LogP contribution in [0.5, 0.6) is 0 Å². The fourth-order valence-corrected chi connectivity index (χ4v) is 3.54. The third kappa shape index (κ3) is 3.16. The quantitative estimate of drug-likeness (QED) is 0.914. The Morgan fingerprint density at radius 1 is 1.37 bits per heavy atom. The molecule has 0 aliphatic carbocycles.